The third-order valence-electron chi connectivity index (χ3n) is 5.79. The lowest BCUT2D eigenvalue weighted by Gasteiger charge is -2.29. The minimum absolute atomic E-state index is 0.0214. The molecule has 1 aromatic carbocycles. The van der Waals surface area contributed by atoms with Crippen LogP contribution in [-0.2, 0) is 10.8 Å². The standard InChI is InChI=1S/C23H34O2/c1-22(2,3)18-13-21(19(23(4,5)6)12-20(18)24-7)25-14-17-11-15-8-9-16(17)10-15/h8-9,12-13,15-17H,10-11,14H2,1-7H3. The maximum absolute atomic E-state index is 6.45. The van der Waals surface area contributed by atoms with Gasteiger partial charge in [0, 0.05) is 11.1 Å². The van der Waals surface area contributed by atoms with Crippen molar-refractivity contribution in [3.63, 3.8) is 0 Å². The lowest BCUT2D eigenvalue weighted by Crippen LogP contribution is -2.21. The van der Waals surface area contributed by atoms with Crippen LogP contribution in [0.4, 0.5) is 0 Å². The van der Waals surface area contributed by atoms with Crippen molar-refractivity contribution in [1.29, 1.82) is 0 Å². The average Bonchev–Trinajstić information content (AvgIpc) is 3.13. The van der Waals surface area contributed by atoms with E-state index in [2.05, 4.69) is 65.8 Å². The molecule has 0 spiro atoms. The highest BCUT2D eigenvalue weighted by molar-refractivity contribution is 5.51. The molecule has 2 heteroatoms. The van der Waals surface area contributed by atoms with Crippen LogP contribution in [0.5, 0.6) is 11.5 Å². The highest BCUT2D eigenvalue weighted by Crippen LogP contribution is 2.45. The van der Waals surface area contributed by atoms with E-state index in [4.69, 9.17) is 9.47 Å². The molecule has 138 valence electrons. The fourth-order valence-corrected chi connectivity index (χ4v) is 4.30. The molecule has 25 heavy (non-hydrogen) atoms. The molecule has 1 fully saturated rings. The van der Waals surface area contributed by atoms with Gasteiger partial charge in [0.15, 0.2) is 0 Å². The minimum atomic E-state index is 0.0214. The number of rotatable bonds is 4. The van der Waals surface area contributed by atoms with Gasteiger partial charge in [-0.05, 0) is 53.6 Å². The number of allylic oxidation sites excluding steroid dienone is 2. The smallest absolute Gasteiger partial charge is 0.123 e. The number of hydrogen-bond acceptors (Lipinski definition) is 2. The van der Waals surface area contributed by atoms with Crippen molar-refractivity contribution in [2.75, 3.05) is 13.7 Å². The molecule has 0 saturated heterocycles. The Kier molecular flexibility index (Phi) is 4.68. The van der Waals surface area contributed by atoms with Gasteiger partial charge < -0.3 is 9.47 Å². The summed E-state index contributed by atoms with van der Waals surface area (Å²) in [5.41, 5.74) is 2.49. The average molecular weight is 343 g/mol. The fourth-order valence-electron chi connectivity index (χ4n) is 4.30. The van der Waals surface area contributed by atoms with E-state index in [9.17, 15) is 0 Å². The van der Waals surface area contributed by atoms with E-state index in [1.807, 2.05) is 0 Å². The van der Waals surface area contributed by atoms with E-state index in [0.29, 0.717) is 5.92 Å². The Morgan fingerprint density at radius 3 is 1.96 bits per heavy atom. The second kappa shape index (κ2) is 6.37. The molecule has 2 aliphatic carbocycles. The van der Waals surface area contributed by atoms with Crippen LogP contribution in [0.1, 0.15) is 65.5 Å². The largest absolute Gasteiger partial charge is 0.496 e. The number of hydrogen-bond donors (Lipinski definition) is 0. The van der Waals surface area contributed by atoms with Gasteiger partial charge in [-0.1, -0.05) is 53.7 Å². The van der Waals surface area contributed by atoms with Gasteiger partial charge in [-0.2, -0.15) is 0 Å². The zero-order valence-electron chi connectivity index (χ0n) is 17.0. The van der Waals surface area contributed by atoms with Crippen LogP contribution in [0.25, 0.3) is 0 Å². The van der Waals surface area contributed by atoms with E-state index in [1.54, 1.807) is 7.11 Å². The van der Waals surface area contributed by atoms with E-state index >= 15 is 0 Å². The molecular weight excluding hydrogens is 308 g/mol. The molecule has 2 bridgehead atoms. The van der Waals surface area contributed by atoms with Gasteiger partial charge in [-0.15, -0.1) is 0 Å². The molecule has 0 amide bonds. The summed E-state index contributed by atoms with van der Waals surface area (Å²) in [6.07, 6.45) is 7.42. The lowest BCUT2D eigenvalue weighted by atomic mass is 9.81. The Hall–Kier alpha value is -1.44. The van der Waals surface area contributed by atoms with E-state index in [1.165, 1.54) is 24.0 Å². The van der Waals surface area contributed by atoms with Crippen LogP contribution in [0.15, 0.2) is 24.3 Å². The topological polar surface area (TPSA) is 18.5 Å². The summed E-state index contributed by atoms with van der Waals surface area (Å²) in [5.74, 6) is 4.19. The first kappa shape index (κ1) is 18.4. The Morgan fingerprint density at radius 1 is 0.880 bits per heavy atom. The second-order valence-electron chi connectivity index (χ2n) is 9.90. The summed E-state index contributed by atoms with van der Waals surface area (Å²) < 4.78 is 12.2. The van der Waals surface area contributed by atoms with Crippen LogP contribution in [0.2, 0.25) is 0 Å². The third kappa shape index (κ3) is 3.73. The lowest BCUT2D eigenvalue weighted by molar-refractivity contribution is 0.222. The third-order valence-corrected chi connectivity index (χ3v) is 5.79. The number of benzene rings is 1. The van der Waals surface area contributed by atoms with E-state index in [-0.39, 0.29) is 10.8 Å². The molecule has 1 saturated carbocycles. The Bertz CT molecular complexity index is 658. The maximum atomic E-state index is 6.45. The minimum Gasteiger partial charge on any atom is -0.496 e. The maximum Gasteiger partial charge on any atom is 0.123 e. The Balaban J connectivity index is 1.91. The van der Waals surface area contributed by atoms with Gasteiger partial charge in [-0.3, -0.25) is 0 Å². The van der Waals surface area contributed by atoms with Crippen molar-refractivity contribution in [3.05, 3.63) is 35.4 Å². The Morgan fingerprint density at radius 2 is 1.48 bits per heavy atom. The highest BCUT2D eigenvalue weighted by Gasteiger charge is 2.36. The van der Waals surface area contributed by atoms with Crippen LogP contribution in [0.3, 0.4) is 0 Å². The molecule has 0 aliphatic heterocycles. The first-order chi connectivity index (χ1) is 11.6. The van der Waals surface area contributed by atoms with Crippen molar-refractivity contribution < 1.29 is 9.47 Å². The molecule has 2 aliphatic rings. The quantitative estimate of drug-likeness (QED) is 0.636. The molecule has 3 unspecified atom stereocenters. The molecule has 0 aromatic heterocycles. The molecule has 1 aromatic rings. The van der Waals surface area contributed by atoms with E-state index in [0.717, 1.165) is 29.9 Å². The molecular formula is C23H34O2. The van der Waals surface area contributed by atoms with E-state index < -0.39 is 0 Å². The first-order valence-electron chi connectivity index (χ1n) is 9.63. The van der Waals surface area contributed by atoms with Gasteiger partial charge in [0.05, 0.1) is 13.7 Å². The van der Waals surface area contributed by atoms with Crippen LogP contribution >= 0.6 is 0 Å². The highest BCUT2D eigenvalue weighted by atomic mass is 16.5. The summed E-state index contributed by atoms with van der Waals surface area (Å²) in [6, 6.07) is 4.42. The zero-order chi connectivity index (χ0) is 18.4. The summed E-state index contributed by atoms with van der Waals surface area (Å²) in [7, 11) is 1.76. The van der Waals surface area contributed by atoms with Crippen molar-refractivity contribution in [2.24, 2.45) is 17.8 Å². The van der Waals surface area contributed by atoms with Crippen molar-refractivity contribution in [1.82, 2.24) is 0 Å². The monoisotopic (exact) mass is 342 g/mol. The SMILES string of the molecule is COc1cc(C(C)(C)C)c(OCC2CC3C=CC2C3)cc1C(C)(C)C. The normalized spacial score (nSPS) is 25.5. The number of methoxy groups -OCH3 is 1. The molecule has 3 atom stereocenters. The Labute approximate surface area is 153 Å². The summed E-state index contributed by atoms with van der Waals surface area (Å²) in [5, 5.41) is 0. The van der Waals surface area contributed by atoms with Gasteiger partial charge in [0.1, 0.15) is 11.5 Å². The predicted octanol–water partition coefficient (Wildman–Crippen LogP) is 5.88. The molecule has 0 N–H and O–H groups in total. The summed E-state index contributed by atoms with van der Waals surface area (Å²) in [6.45, 7) is 14.2. The van der Waals surface area contributed by atoms with Gasteiger partial charge >= 0.3 is 0 Å². The van der Waals surface area contributed by atoms with Crippen LogP contribution in [0, 0.1) is 17.8 Å². The summed E-state index contributed by atoms with van der Waals surface area (Å²) in [4.78, 5) is 0. The first-order valence-corrected chi connectivity index (χ1v) is 9.63. The molecule has 3 rings (SSSR count). The van der Waals surface area contributed by atoms with Crippen LogP contribution < -0.4 is 9.47 Å². The van der Waals surface area contributed by atoms with Crippen molar-refractivity contribution >= 4 is 0 Å². The fraction of sp³-hybridized carbons (Fsp3) is 0.652. The van der Waals surface area contributed by atoms with Gasteiger partial charge in [0.2, 0.25) is 0 Å². The number of fused-ring (bicyclic) bond motifs is 2. The van der Waals surface area contributed by atoms with Gasteiger partial charge in [-0.25, -0.2) is 0 Å². The van der Waals surface area contributed by atoms with Gasteiger partial charge in [0.25, 0.3) is 0 Å². The predicted molar refractivity (Wildman–Crippen MR) is 105 cm³/mol. The van der Waals surface area contributed by atoms with Crippen molar-refractivity contribution in [3.8, 4) is 11.5 Å². The molecule has 2 nitrogen and oxygen atoms in total. The molecule has 0 heterocycles. The molecule has 0 radical (unpaired) electrons. The van der Waals surface area contributed by atoms with Crippen LogP contribution in [-0.4, -0.2) is 13.7 Å². The second-order valence-corrected chi connectivity index (χ2v) is 9.90. The summed E-state index contributed by atoms with van der Waals surface area (Å²) >= 11 is 0. The number of ether oxygens (including phenoxy) is 2. The van der Waals surface area contributed by atoms with Crippen molar-refractivity contribution in [2.45, 2.75) is 65.2 Å². The zero-order valence-corrected chi connectivity index (χ0v) is 17.0.